The molecule has 0 amide bonds. The molecule has 58 heavy (non-hydrogen) atoms. The van der Waals surface area contributed by atoms with Crippen LogP contribution in [0.2, 0.25) is 0 Å². The first-order valence-corrected chi connectivity index (χ1v) is 18.5. The van der Waals surface area contributed by atoms with Crippen LogP contribution in [0.4, 0.5) is 0 Å². The highest BCUT2D eigenvalue weighted by atomic mass is 15.0. The predicted octanol–water partition coefficient (Wildman–Crippen LogP) is 11.2. The molecule has 0 saturated heterocycles. The normalized spacial score (nSPS) is 11.0. The summed E-state index contributed by atoms with van der Waals surface area (Å²) in [7, 11) is 0. The van der Waals surface area contributed by atoms with Gasteiger partial charge in [-0.25, -0.2) is 9.97 Å². The van der Waals surface area contributed by atoms with Gasteiger partial charge in [-0.3, -0.25) is 0 Å². The van der Waals surface area contributed by atoms with Crippen molar-refractivity contribution < 1.29 is 0 Å². The minimum absolute atomic E-state index is 0.530. The van der Waals surface area contributed by atoms with Gasteiger partial charge in [0.25, 0.3) is 0 Å². The molecular weight excluding hydrogens is 713 g/mol. The molecule has 266 valence electrons. The second-order valence-corrected chi connectivity index (χ2v) is 14.0. The molecule has 10 aromatic rings. The zero-order chi connectivity index (χ0) is 39.3. The van der Waals surface area contributed by atoms with Crippen molar-refractivity contribution in [3.63, 3.8) is 0 Å². The number of para-hydroxylation sites is 1. The van der Waals surface area contributed by atoms with E-state index in [4.69, 9.17) is 9.97 Å². The van der Waals surface area contributed by atoms with Gasteiger partial charge in [0.2, 0.25) is 0 Å². The summed E-state index contributed by atoms with van der Waals surface area (Å²) >= 11 is 0. The van der Waals surface area contributed by atoms with Gasteiger partial charge in [-0.05, 0) is 115 Å². The number of hydrogen-bond acceptors (Lipinski definition) is 6. The maximum Gasteiger partial charge on any atom is 0.160 e. The SMILES string of the molecule is N#Cc1ccc(-c2cc(-c3ccc(-n4c5ccccc5c5cc(-n6c7ccc(C#N)cc7c7cc(C#N)ccc76)ccc54)cc3)nc(-c3ccc(C#N)cc3)n2)cc1. The van der Waals surface area contributed by atoms with Crippen molar-refractivity contribution in [1.82, 2.24) is 19.1 Å². The molecule has 0 aliphatic rings. The molecule has 0 radical (unpaired) electrons. The van der Waals surface area contributed by atoms with E-state index in [0.717, 1.165) is 83.1 Å². The van der Waals surface area contributed by atoms with Crippen LogP contribution in [-0.4, -0.2) is 19.1 Å². The first-order valence-electron chi connectivity index (χ1n) is 18.5. The summed E-state index contributed by atoms with van der Waals surface area (Å²) < 4.78 is 4.47. The van der Waals surface area contributed by atoms with Crippen molar-refractivity contribution in [2.45, 2.75) is 0 Å². The Kier molecular flexibility index (Phi) is 7.84. The Morgan fingerprint density at radius 2 is 0.759 bits per heavy atom. The molecule has 3 heterocycles. The van der Waals surface area contributed by atoms with E-state index in [2.05, 4.69) is 100 Å². The summed E-state index contributed by atoms with van der Waals surface area (Å²) in [6.07, 6.45) is 0. The molecule has 0 aliphatic carbocycles. The fraction of sp³-hybridized carbons (Fsp3) is 0. The average Bonchev–Trinajstić information content (AvgIpc) is 3.80. The van der Waals surface area contributed by atoms with Crippen molar-refractivity contribution >= 4 is 43.6 Å². The maximum absolute atomic E-state index is 9.69. The van der Waals surface area contributed by atoms with Crippen molar-refractivity contribution in [1.29, 1.82) is 21.0 Å². The van der Waals surface area contributed by atoms with E-state index in [1.54, 1.807) is 24.3 Å². The van der Waals surface area contributed by atoms with Crippen LogP contribution in [-0.2, 0) is 0 Å². The molecule has 0 fully saturated rings. The maximum atomic E-state index is 9.69. The van der Waals surface area contributed by atoms with Crippen molar-refractivity contribution in [3.05, 3.63) is 180 Å². The summed E-state index contributed by atoms with van der Waals surface area (Å²) in [6.45, 7) is 0. The second kappa shape index (κ2) is 13.5. The zero-order valence-corrected chi connectivity index (χ0v) is 30.6. The van der Waals surface area contributed by atoms with Crippen LogP contribution >= 0.6 is 0 Å². The lowest BCUT2D eigenvalue weighted by atomic mass is 10.0. The highest BCUT2D eigenvalue weighted by Crippen LogP contribution is 2.38. The average molecular weight is 739 g/mol. The molecule has 8 nitrogen and oxygen atoms in total. The van der Waals surface area contributed by atoms with Crippen LogP contribution in [0.25, 0.3) is 88.9 Å². The van der Waals surface area contributed by atoms with E-state index in [1.807, 2.05) is 66.7 Å². The van der Waals surface area contributed by atoms with Crippen LogP contribution < -0.4 is 0 Å². The lowest BCUT2D eigenvalue weighted by Crippen LogP contribution is -1.97. The van der Waals surface area contributed by atoms with Gasteiger partial charge in [-0.1, -0.05) is 42.5 Å². The molecule has 0 atom stereocenters. The van der Waals surface area contributed by atoms with Gasteiger partial charge < -0.3 is 9.13 Å². The molecule has 10 rings (SSSR count). The van der Waals surface area contributed by atoms with Gasteiger partial charge in [0.05, 0.1) is 80.0 Å². The van der Waals surface area contributed by atoms with E-state index in [-0.39, 0.29) is 0 Å². The zero-order valence-electron chi connectivity index (χ0n) is 30.6. The van der Waals surface area contributed by atoms with Gasteiger partial charge >= 0.3 is 0 Å². The van der Waals surface area contributed by atoms with E-state index >= 15 is 0 Å². The minimum atomic E-state index is 0.530. The van der Waals surface area contributed by atoms with Gasteiger partial charge in [0.1, 0.15) is 0 Å². The number of nitrogens with zero attached hydrogens (tertiary/aromatic N) is 8. The largest absolute Gasteiger partial charge is 0.309 e. The Hall–Kier alpha value is -8.82. The number of aromatic nitrogens is 4. The Morgan fingerprint density at radius 1 is 0.345 bits per heavy atom. The number of rotatable bonds is 5. The molecule has 0 bridgehead atoms. The molecule has 0 unspecified atom stereocenters. The van der Waals surface area contributed by atoms with Crippen molar-refractivity contribution in [3.8, 4) is 69.6 Å². The van der Waals surface area contributed by atoms with E-state index in [1.165, 1.54) is 0 Å². The number of nitriles is 4. The van der Waals surface area contributed by atoms with Crippen LogP contribution in [0.3, 0.4) is 0 Å². The van der Waals surface area contributed by atoms with Gasteiger partial charge in [-0.2, -0.15) is 21.0 Å². The first kappa shape index (κ1) is 33.7. The monoisotopic (exact) mass is 738 g/mol. The van der Waals surface area contributed by atoms with Crippen molar-refractivity contribution in [2.24, 2.45) is 0 Å². The fourth-order valence-electron chi connectivity index (χ4n) is 7.88. The number of benzene rings is 7. The van der Waals surface area contributed by atoms with Gasteiger partial charge in [0.15, 0.2) is 5.82 Å². The molecule has 3 aromatic heterocycles. The number of fused-ring (bicyclic) bond motifs is 6. The summed E-state index contributed by atoms with van der Waals surface area (Å²) in [5, 5.41) is 42.1. The quantitative estimate of drug-likeness (QED) is 0.173. The van der Waals surface area contributed by atoms with E-state index in [9.17, 15) is 21.0 Å². The topological polar surface area (TPSA) is 131 Å². The summed E-state index contributed by atoms with van der Waals surface area (Å²) in [4.78, 5) is 9.89. The van der Waals surface area contributed by atoms with Crippen LogP contribution in [0.5, 0.6) is 0 Å². The highest BCUT2D eigenvalue weighted by molar-refractivity contribution is 6.12. The summed E-state index contributed by atoms with van der Waals surface area (Å²) in [5.41, 5.74) is 12.3. The minimum Gasteiger partial charge on any atom is -0.309 e. The third kappa shape index (κ3) is 5.51. The Morgan fingerprint density at radius 3 is 1.31 bits per heavy atom. The standard InChI is InChI=1S/C50H26N8/c51-27-31-5-11-35(12-6-31)44-26-45(56-50(55-44)37-13-7-32(28-52)8-14-37)36-15-17-38(18-16-36)57-46-4-2-1-3-40(46)43-25-39(19-22-49(43)57)58-47-20-9-33(29-53)23-41(47)42-24-34(30-54)10-21-48(42)58/h1-26H. The third-order valence-corrected chi connectivity index (χ3v) is 10.7. The fourth-order valence-corrected chi connectivity index (χ4v) is 7.88. The third-order valence-electron chi connectivity index (χ3n) is 10.7. The first-order chi connectivity index (χ1) is 28.5. The molecule has 0 N–H and O–H groups in total. The molecule has 0 spiro atoms. The summed E-state index contributed by atoms with van der Waals surface area (Å²) in [6, 6.07) is 60.0. The lowest BCUT2D eigenvalue weighted by Gasteiger charge is -2.12. The summed E-state index contributed by atoms with van der Waals surface area (Å²) in [5.74, 6) is 0.530. The second-order valence-electron chi connectivity index (χ2n) is 14.0. The van der Waals surface area contributed by atoms with Gasteiger partial charge in [0, 0.05) is 49.6 Å². The molecule has 7 aromatic carbocycles. The molecule has 0 saturated carbocycles. The van der Waals surface area contributed by atoms with Crippen LogP contribution in [0.15, 0.2) is 158 Å². The molecule has 0 aliphatic heterocycles. The Labute approximate surface area is 332 Å². The van der Waals surface area contributed by atoms with Gasteiger partial charge in [-0.15, -0.1) is 0 Å². The van der Waals surface area contributed by atoms with Crippen LogP contribution in [0.1, 0.15) is 22.3 Å². The highest BCUT2D eigenvalue weighted by Gasteiger charge is 2.18. The Bertz CT molecular complexity index is 3320. The van der Waals surface area contributed by atoms with E-state index in [0.29, 0.717) is 28.1 Å². The molecular formula is C50H26N8. The van der Waals surface area contributed by atoms with Crippen LogP contribution in [0, 0.1) is 45.3 Å². The van der Waals surface area contributed by atoms with Crippen molar-refractivity contribution in [2.75, 3.05) is 0 Å². The smallest absolute Gasteiger partial charge is 0.160 e. The predicted molar refractivity (Wildman–Crippen MR) is 226 cm³/mol. The molecule has 8 heteroatoms. The number of hydrogen-bond donors (Lipinski definition) is 0. The van der Waals surface area contributed by atoms with E-state index < -0.39 is 0 Å². The Balaban J connectivity index is 1.10. The lowest BCUT2D eigenvalue weighted by molar-refractivity contribution is 1.16.